The molecule has 4 saturated heterocycles. The van der Waals surface area contributed by atoms with Crippen molar-refractivity contribution in [3.8, 4) is 27.4 Å². The number of aliphatic hydroxyl groups excluding tert-OH is 1. The van der Waals surface area contributed by atoms with E-state index in [0.717, 1.165) is 118 Å². The van der Waals surface area contributed by atoms with Crippen LogP contribution < -0.4 is 21.3 Å². The van der Waals surface area contributed by atoms with Crippen molar-refractivity contribution in [2.24, 2.45) is 27.7 Å². The van der Waals surface area contributed by atoms with E-state index in [1.165, 1.54) is 16.3 Å². The van der Waals surface area contributed by atoms with E-state index in [-0.39, 0.29) is 47.8 Å². The smallest absolute Gasteiger partial charge is 0.246 e. The Morgan fingerprint density at radius 2 is 1.64 bits per heavy atom. The highest BCUT2D eigenvalue weighted by molar-refractivity contribution is 7.13. The standard InChI is InChI=1S/C58H73N11O5S/c1-35-51(75-34-62-35)38-15-13-36(14-16-38)27-61-55(73)48-23-44(70)31-68(48)56(74)52(57(2,3)4)63-54(72)40-25-58(26-40)32-67(33-58)41-19-17-37(18-20-41)39-9-5-8-12-50(60-28-39)69-42-21-22-43(69)30-66(29-42)47-24-46(64-65-53(47)59)45-10-6-7-11-49(45)71/h5-7,9-11,13-16,24,28,34,37,40-44,48,52,70-71H,8,12,17-23,25-27,29-33H2,1-4H3,(H2,59,65)(H,61,73)(H,63,72)/t37?,41?,42?,43?,44-,48+,52-/m1/s1. The van der Waals surface area contributed by atoms with Crippen molar-refractivity contribution in [2.45, 2.75) is 141 Å². The number of rotatable bonds is 11. The third-order valence-electron chi connectivity index (χ3n) is 17.5. The second-order valence-corrected chi connectivity index (χ2v) is 24.6. The average molecular weight is 1040 g/mol. The largest absolute Gasteiger partial charge is 0.507 e. The maximum absolute atomic E-state index is 14.3. The lowest BCUT2D eigenvalue weighted by atomic mass is 9.56. The van der Waals surface area contributed by atoms with Crippen molar-refractivity contribution in [3.05, 3.63) is 95.3 Å². The Morgan fingerprint density at radius 3 is 2.33 bits per heavy atom. The molecule has 2 aromatic heterocycles. The molecule has 17 heteroatoms. The maximum atomic E-state index is 14.3. The maximum Gasteiger partial charge on any atom is 0.246 e. The normalized spacial score (nSPS) is 26.2. The number of aromatic nitrogens is 3. The summed E-state index contributed by atoms with van der Waals surface area (Å²) in [4.78, 5) is 61.7. The van der Waals surface area contributed by atoms with Gasteiger partial charge in [-0.2, -0.15) is 0 Å². The number of nitrogens with two attached hydrogens (primary N) is 1. The summed E-state index contributed by atoms with van der Waals surface area (Å²) in [5.74, 6) is 1.35. The number of nitrogens with zero attached hydrogens (tertiary/aromatic N) is 8. The molecule has 6 N–H and O–H groups in total. The van der Waals surface area contributed by atoms with Gasteiger partial charge in [0.2, 0.25) is 17.7 Å². The van der Waals surface area contributed by atoms with E-state index in [9.17, 15) is 24.6 Å². The van der Waals surface area contributed by atoms with E-state index in [4.69, 9.17) is 10.7 Å². The van der Waals surface area contributed by atoms with E-state index in [2.05, 4.69) is 58.9 Å². The zero-order valence-corrected chi connectivity index (χ0v) is 44.6. The third kappa shape index (κ3) is 10.4. The van der Waals surface area contributed by atoms with Crippen LogP contribution in [0.25, 0.3) is 21.7 Å². The second-order valence-electron chi connectivity index (χ2n) is 23.7. The molecule has 5 aliphatic heterocycles. The minimum atomic E-state index is -0.840. The molecule has 11 rings (SSSR count). The first-order chi connectivity index (χ1) is 36.1. The van der Waals surface area contributed by atoms with Crippen LogP contribution in [0.3, 0.4) is 0 Å². The fourth-order valence-electron chi connectivity index (χ4n) is 13.4. The van der Waals surface area contributed by atoms with Gasteiger partial charge in [0.25, 0.3) is 0 Å². The summed E-state index contributed by atoms with van der Waals surface area (Å²) in [5, 5.41) is 36.0. The van der Waals surface area contributed by atoms with Gasteiger partial charge in [0.05, 0.1) is 33.6 Å². The summed E-state index contributed by atoms with van der Waals surface area (Å²) >= 11 is 1.59. The molecule has 0 radical (unpaired) electrons. The SMILES string of the molecule is Cc1ncsc1-c1ccc(CNC(=O)[C@@H]2C[C@@H](O)CN2C(=O)[C@@H](NC(=O)C2CC3(C2)CN(C2CCC(C4=CN=C(N5C6CCC5CN(c5cc(-c7ccccc7O)nnc5N)C6)CCC=C4)CC2)C3)C(C)(C)C)cc1. The molecule has 396 valence electrons. The Morgan fingerprint density at radius 1 is 0.920 bits per heavy atom. The van der Waals surface area contributed by atoms with Gasteiger partial charge in [0, 0.05) is 87.9 Å². The summed E-state index contributed by atoms with van der Waals surface area (Å²) < 4.78 is 0. The molecule has 2 saturated carbocycles. The number of carbonyl (C=O) groups excluding carboxylic acids is 3. The zero-order chi connectivity index (χ0) is 52.2. The lowest BCUT2D eigenvalue weighted by Gasteiger charge is -2.61. The van der Waals surface area contributed by atoms with Gasteiger partial charge in [0.15, 0.2) is 5.82 Å². The van der Waals surface area contributed by atoms with Gasteiger partial charge in [-0.15, -0.1) is 21.5 Å². The van der Waals surface area contributed by atoms with Gasteiger partial charge < -0.3 is 41.3 Å². The Labute approximate surface area is 444 Å². The molecule has 7 heterocycles. The van der Waals surface area contributed by atoms with Crippen molar-refractivity contribution in [1.82, 2.24) is 40.5 Å². The highest BCUT2D eigenvalue weighted by atomic mass is 32.1. The number of phenols is 1. The number of likely N-dealkylation sites (tertiary alicyclic amines) is 2. The molecule has 2 bridgehead atoms. The number of amidine groups is 1. The molecule has 6 fully saturated rings. The molecule has 4 aromatic rings. The van der Waals surface area contributed by atoms with Crippen LogP contribution in [0.5, 0.6) is 5.75 Å². The first-order valence-electron chi connectivity index (χ1n) is 27.3. The molecule has 5 atom stereocenters. The number of β-amino-alcohol motifs (C(OH)–C–C–N with tert-alkyl or cyclic N) is 1. The highest BCUT2D eigenvalue weighted by Gasteiger charge is 2.56. The number of fused-ring (bicyclic) bond motifs is 2. The topological polar surface area (TPSA) is 206 Å². The molecular formula is C58H73N11O5S. The summed E-state index contributed by atoms with van der Waals surface area (Å²) in [6, 6.07) is 16.7. The first-order valence-corrected chi connectivity index (χ1v) is 28.2. The predicted molar refractivity (Wildman–Crippen MR) is 292 cm³/mol. The number of allylic oxidation sites excluding steroid dienone is 3. The molecule has 2 aliphatic carbocycles. The van der Waals surface area contributed by atoms with Gasteiger partial charge in [-0.3, -0.25) is 19.3 Å². The van der Waals surface area contributed by atoms with E-state index < -0.39 is 23.6 Å². The number of thiazole rings is 1. The van der Waals surface area contributed by atoms with Crippen molar-refractivity contribution in [2.75, 3.05) is 43.4 Å². The molecule has 75 heavy (non-hydrogen) atoms. The molecule has 1 spiro atoms. The summed E-state index contributed by atoms with van der Waals surface area (Å²) in [6.07, 6.45) is 16.5. The van der Waals surface area contributed by atoms with E-state index in [1.54, 1.807) is 23.5 Å². The minimum absolute atomic E-state index is 0.0460. The van der Waals surface area contributed by atoms with Crippen LogP contribution in [0.4, 0.5) is 11.5 Å². The third-order valence-corrected chi connectivity index (χ3v) is 18.5. The van der Waals surface area contributed by atoms with Crippen LogP contribution in [0, 0.1) is 29.6 Å². The first kappa shape index (κ1) is 51.0. The molecule has 2 unspecified atom stereocenters. The van der Waals surface area contributed by atoms with Crippen LogP contribution in [-0.4, -0.2) is 133 Å². The Bertz CT molecular complexity index is 2860. The Hall–Kier alpha value is -6.17. The predicted octanol–water partition coefficient (Wildman–Crippen LogP) is 7.23. The number of hydrogen-bond acceptors (Lipinski definition) is 14. The number of phenolic OH excluding ortho intramolecular Hbond substituents is 1. The number of benzene rings is 2. The molecule has 16 nitrogen and oxygen atoms in total. The number of aromatic hydroxyl groups is 1. The zero-order valence-electron chi connectivity index (χ0n) is 43.8. The fourth-order valence-corrected chi connectivity index (χ4v) is 14.2. The second kappa shape index (κ2) is 20.7. The van der Waals surface area contributed by atoms with Gasteiger partial charge in [0.1, 0.15) is 23.7 Å². The van der Waals surface area contributed by atoms with E-state index in [1.807, 2.05) is 75.7 Å². The van der Waals surface area contributed by atoms with Crippen molar-refractivity contribution in [3.63, 3.8) is 0 Å². The van der Waals surface area contributed by atoms with Crippen molar-refractivity contribution < 1.29 is 24.6 Å². The van der Waals surface area contributed by atoms with Crippen LogP contribution in [-0.2, 0) is 20.9 Å². The molecular weight excluding hydrogens is 963 g/mol. The number of para-hydroxylation sites is 1. The fraction of sp³-hybridized carbons (Fsp3) is 0.534. The average Bonchev–Trinajstić information content (AvgIpc) is 4.06. The summed E-state index contributed by atoms with van der Waals surface area (Å²) in [7, 11) is 0. The number of nitrogens with one attached hydrogen (secondary N) is 2. The van der Waals surface area contributed by atoms with E-state index in [0.29, 0.717) is 47.7 Å². The van der Waals surface area contributed by atoms with E-state index >= 15 is 0 Å². The quantitative estimate of drug-likeness (QED) is 0.101. The van der Waals surface area contributed by atoms with Gasteiger partial charge in [-0.1, -0.05) is 69.3 Å². The lowest BCUT2D eigenvalue weighted by molar-refractivity contribution is -0.154. The minimum Gasteiger partial charge on any atom is -0.507 e. The number of anilines is 2. The Kier molecular flexibility index (Phi) is 14.1. The van der Waals surface area contributed by atoms with Gasteiger partial charge in [-0.05, 0) is 116 Å². The number of hydrogen-bond donors (Lipinski definition) is 5. The lowest BCUT2D eigenvalue weighted by Crippen LogP contribution is -2.67. The number of carbonyl (C=O) groups is 3. The number of piperazine rings is 1. The van der Waals surface area contributed by atoms with Crippen LogP contribution in [0.1, 0.15) is 103 Å². The Balaban J connectivity index is 0.645. The molecule has 3 amide bonds. The van der Waals surface area contributed by atoms with Crippen molar-refractivity contribution >= 4 is 46.4 Å². The van der Waals surface area contributed by atoms with Crippen LogP contribution in [0.2, 0.25) is 0 Å². The number of amides is 3. The number of aliphatic imine (C=N–C) groups is 1. The van der Waals surface area contributed by atoms with Gasteiger partial charge in [-0.25, -0.2) is 9.98 Å². The number of aliphatic hydroxyl groups is 1. The van der Waals surface area contributed by atoms with Crippen molar-refractivity contribution in [1.29, 1.82) is 0 Å². The molecule has 7 aliphatic rings. The summed E-state index contributed by atoms with van der Waals surface area (Å²) in [6.45, 7) is 11.8. The van der Waals surface area contributed by atoms with Crippen LogP contribution >= 0.6 is 11.3 Å². The molecule has 2 aromatic carbocycles. The monoisotopic (exact) mass is 1040 g/mol. The number of nitrogen functional groups attached to an aromatic ring is 1. The van der Waals surface area contributed by atoms with Crippen LogP contribution in [0.15, 0.2) is 89.0 Å². The summed E-state index contributed by atoms with van der Waals surface area (Å²) in [5.41, 5.74) is 14.2. The number of aryl methyl sites for hydroxylation is 1. The van der Waals surface area contributed by atoms with Gasteiger partial charge >= 0.3 is 0 Å². The highest BCUT2D eigenvalue weighted by Crippen LogP contribution is 2.54.